The van der Waals surface area contributed by atoms with E-state index in [0.29, 0.717) is 34.3 Å². The molecule has 0 aliphatic rings. The Morgan fingerprint density at radius 1 is 1.09 bits per heavy atom. The Balaban J connectivity index is 1.62. The highest BCUT2D eigenvalue weighted by Crippen LogP contribution is 2.22. The molecule has 0 radical (unpaired) electrons. The molecule has 0 spiro atoms. The SMILES string of the molecule is CCOC(=O)c1cccc(NC(=O)CSc2nnc(C(C)NC(=O)c3ccccc3C)n2CC)c1. The lowest BCUT2D eigenvalue weighted by molar-refractivity contribution is -0.113. The minimum atomic E-state index is -0.440. The van der Waals surface area contributed by atoms with Crippen molar-refractivity contribution in [2.45, 2.75) is 45.4 Å². The predicted octanol–water partition coefficient (Wildman–Crippen LogP) is 4.00. The van der Waals surface area contributed by atoms with Crippen LogP contribution in [0.1, 0.15) is 58.9 Å². The van der Waals surface area contributed by atoms with Crippen LogP contribution in [0.5, 0.6) is 0 Å². The van der Waals surface area contributed by atoms with Gasteiger partial charge in [0.05, 0.1) is 24.0 Å². The van der Waals surface area contributed by atoms with E-state index in [1.165, 1.54) is 11.8 Å². The van der Waals surface area contributed by atoms with E-state index in [-0.39, 0.29) is 30.2 Å². The van der Waals surface area contributed by atoms with Crippen LogP contribution in [-0.4, -0.2) is 44.9 Å². The first-order valence-corrected chi connectivity index (χ1v) is 12.3. The Labute approximate surface area is 208 Å². The molecule has 2 aromatic carbocycles. The van der Waals surface area contributed by atoms with E-state index < -0.39 is 5.97 Å². The fourth-order valence-corrected chi connectivity index (χ4v) is 4.27. The Hall–Kier alpha value is -3.66. The molecule has 184 valence electrons. The Morgan fingerprint density at radius 3 is 2.57 bits per heavy atom. The summed E-state index contributed by atoms with van der Waals surface area (Å²) >= 11 is 1.25. The molecule has 0 saturated heterocycles. The Bertz CT molecular complexity index is 1210. The van der Waals surface area contributed by atoms with Crippen molar-refractivity contribution < 1.29 is 19.1 Å². The standard InChI is InChI=1S/C25H29N5O4S/c1-5-30-22(17(4)26-23(32)20-13-8-7-10-16(20)3)28-29-25(30)35-15-21(31)27-19-12-9-11-18(14-19)24(33)34-6-2/h7-14,17H,5-6,15H2,1-4H3,(H,26,32)(H,27,31). The van der Waals surface area contributed by atoms with Gasteiger partial charge in [-0.3, -0.25) is 9.59 Å². The van der Waals surface area contributed by atoms with E-state index in [9.17, 15) is 14.4 Å². The summed E-state index contributed by atoms with van der Waals surface area (Å²) in [7, 11) is 0. The topological polar surface area (TPSA) is 115 Å². The minimum absolute atomic E-state index is 0.103. The second-order valence-corrected chi connectivity index (χ2v) is 8.68. The van der Waals surface area contributed by atoms with Crippen molar-refractivity contribution in [3.05, 3.63) is 71.0 Å². The molecular formula is C25H29N5O4S. The van der Waals surface area contributed by atoms with E-state index in [4.69, 9.17) is 4.74 Å². The van der Waals surface area contributed by atoms with Gasteiger partial charge in [0.1, 0.15) is 0 Å². The van der Waals surface area contributed by atoms with Crippen LogP contribution in [-0.2, 0) is 16.1 Å². The highest BCUT2D eigenvalue weighted by Gasteiger charge is 2.21. The Kier molecular flexibility index (Phi) is 9.02. The van der Waals surface area contributed by atoms with Gasteiger partial charge in [0.25, 0.3) is 5.91 Å². The number of thioether (sulfide) groups is 1. The number of aromatic nitrogens is 3. The van der Waals surface area contributed by atoms with Gasteiger partial charge in [0.15, 0.2) is 11.0 Å². The number of aryl methyl sites for hydroxylation is 1. The van der Waals surface area contributed by atoms with Crippen molar-refractivity contribution in [1.29, 1.82) is 0 Å². The molecule has 2 amide bonds. The van der Waals surface area contributed by atoms with Crippen molar-refractivity contribution in [3.8, 4) is 0 Å². The van der Waals surface area contributed by atoms with Gasteiger partial charge in [-0.2, -0.15) is 0 Å². The second kappa shape index (κ2) is 12.2. The number of benzene rings is 2. The summed E-state index contributed by atoms with van der Waals surface area (Å²) in [5.41, 5.74) is 2.38. The van der Waals surface area contributed by atoms with E-state index in [0.717, 1.165) is 5.56 Å². The fraction of sp³-hybridized carbons (Fsp3) is 0.320. The number of ether oxygens (including phenoxy) is 1. The second-order valence-electron chi connectivity index (χ2n) is 7.73. The van der Waals surface area contributed by atoms with Gasteiger partial charge in [0, 0.05) is 17.8 Å². The molecule has 35 heavy (non-hydrogen) atoms. The largest absolute Gasteiger partial charge is 0.462 e. The van der Waals surface area contributed by atoms with Crippen LogP contribution in [0, 0.1) is 6.92 Å². The van der Waals surface area contributed by atoms with Gasteiger partial charge in [-0.1, -0.05) is 36.0 Å². The van der Waals surface area contributed by atoms with Crippen molar-refractivity contribution in [2.24, 2.45) is 0 Å². The molecular weight excluding hydrogens is 466 g/mol. The molecule has 3 aromatic rings. The molecule has 1 heterocycles. The summed E-state index contributed by atoms with van der Waals surface area (Å²) in [6, 6.07) is 13.6. The molecule has 0 aliphatic carbocycles. The Morgan fingerprint density at radius 2 is 1.86 bits per heavy atom. The number of nitrogens with zero attached hydrogens (tertiary/aromatic N) is 3. The summed E-state index contributed by atoms with van der Waals surface area (Å²) in [6.45, 7) is 8.29. The number of carbonyl (C=O) groups excluding carboxylic acids is 3. The van der Waals surface area contributed by atoms with Gasteiger partial charge in [-0.15, -0.1) is 10.2 Å². The van der Waals surface area contributed by atoms with Crippen molar-refractivity contribution >= 4 is 35.2 Å². The van der Waals surface area contributed by atoms with Crippen LogP contribution in [0.15, 0.2) is 53.7 Å². The first-order valence-electron chi connectivity index (χ1n) is 11.3. The van der Waals surface area contributed by atoms with Crippen LogP contribution in [0.25, 0.3) is 0 Å². The monoisotopic (exact) mass is 495 g/mol. The molecule has 0 aliphatic heterocycles. The molecule has 1 aromatic heterocycles. The van der Waals surface area contributed by atoms with Gasteiger partial charge in [-0.05, 0) is 57.5 Å². The quantitative estimate of drug-likeness (QED) is 0.323. The van der Waals surface area contributed by atoms with Crippen LogP contribution in [0.3, 0.4) is 0 Å². The average Bonchev–Trinajstić information content (AvgIpc) is 3.26. The third-order valence-corrected chi connectivity index (χ3v) is 6.14. The highest BCUT2D eigenvalue weighted by atomic mass is 32.2. The maximum atomic E-state index is 12.7. The third-order valence-electron chi connectivity index (χ3n) is 5.18. The number of rotatable bonds is 10. The summed E-state index contributed by atoms with van der Waals surface area (Å²) in [6.07, 6.45) is 0. The first-order chi connectivity index (χ1) is 16.8. The fourth-order valence-electron chi connectivity index (χ4n) is 3.46. The molecule has 10 heteroatoms. The average molecular weight is 496 g/mol. The third kappa shape index (κ3) is 6.69. The van der Waals surface area contributed by atoms with Gasteiger partial charge >= 0.3 is 5.97 Å². The zero-order valence-electron chi connectivity index (χ0n) is 20.2. The maximum absolute atomic E-state index is 12.7. The molecule has 3 rings (SSSR count). The predicted molar refractivity (Wildman–Crippen MR) is 135 cm³/mol. The molecule has 2 N–H and O–H groups in total. The van der Waals surface area contributed by atoms with E-state index in [2.05, 4.69) is 20.8 Å². The lowest BCUT2D eigenvalue weighted by Crippen LogP contribution is -2.29. The van der Waals surface area contributed by atoms with Gasteiger partial charge in [-0.25, -0.2) is 4.79 Å². The van der Waals surface area contributed by atoms with E-state index in [1.54, 1.807) is 37.3 Å². The zero-order valence-corrected chi connectivity index (χ0v) is 21.0. The zero-order chi connectivity index (χ0) is 25.4. The maximum Gasteiger partial charge on any atom is 0.338 e. The molecule has 1 unspecified atom stereocenters. The van der Waals surface area contributed by atoms with Crippen LogP contribution >= 0.6 is 11.8 Å². The van der Waals surface area contributed by atoms with Crippen LogP contribution < -0.4 is 10.6 Å². The smallest absolute Gasteiger partial charge is 0.338 e. The summed E-state index contributed by atoms with van der Waals surface area (Å²) in [5, 5.41) is 14.8. The summed E-state index contributed by atoms with van der Waals surface area (Å²) < 4.78 is 6.87. The summed E-state index contributed by atoms with van der Waals surface area (Å²) in [5.74, 6) is -0.153. The van der Waals surface area contributed by atoms with E-state index >= 15 is 0 Å². The van der Waals surface area contributed by atoms with Gasteiger partial charge in [0.2, 0.25) is 5.91 Å². The van der Waals surface area contributed by atoms with Crippen molar-refractivity contribution in [2.75, 3.05) is 17.7 Å². The highest BCUT2D eigenvalue weighted by molar-refractivity contribution is 7.99. The lowest BCUT2D eigenvalue weighted by atomic mass is 10.1. The van der Waals surface area contributed by atoms with Gasteiger partial charge < -0.3 is 19.9 Å². The normalized spacial score (nSPS) is 11.5. The minimum Gasteiger partial charge on any atom is -0.462 e. The lowest BCUT2D eigenvalue weighted by Gasteiger charge is -2.16. The van der Waals surface area contributed by atoms with E-state index in [1.807, 2.05) is 43.5 Å². The van der Waals surface area contributed by atoms with Crippen LogP contribution in [0.4, 0.5) is 5.69 Å². The number of carbonyl (C=O) groups is 3. The number of amides is 2. The van der Waals surface area contributed by atoms with Crippen LogP contribution in [0.2, 0.25) is 0 Å². The molecule has 0 bridgehead atoms. The molecule has 0 saturated carbocycles. The van der Waals surface area contributed by atoms with Crippen molar-refractivity contribution in [3.63, 3.8) is 0 Å². The molecule has 9 nitrogen and oxygen atoms in total. The van der Waals surface area contributed by atoms with Crippen molar-refractivity contribution in [1.82, 2.24) is 20.1 Å². The number of esters is 1. The molecule has 0 fully saturated rings. The molecule has 1 atom stereocenters. The first kappa shape index (κ1) is 26.0. The number of anilines is 1. The number of hydrogen-bond acceptors (Lipinski definition) is 7. The number of nitrogens with one attached hydrogen (secondary N) is 2. The number of hydrogen-bond donors (Lipinski definition) is 2. The summed E-state index contributed by atoms with van der Waals surface area (Å²) in [4.78, 5) is 37.1.